The third-order valence-corrected chi connectivity index (χ3v) is 5.88. The Bertz CT molecular complexity index is 1390. The zero-order valence-corrected chi connectivity index (χ0v) is 19.6. The third kappa shape index (κ3) is 6.42. The van der Waals surface area contributed by atoms with Gasteiger partial charge in [-0.05, 0) is 41.5 Å². The van der Waals surface area contributed by atoms with Gasteiger partial charge in [0.1, 0.15) is 0 Å². The zero-order valence-electron chi connectivity index (χ0n) is 19.6. The van der Waals surface area contributed by atoms with Gasteiger partial charge >= 0.3 is 24.7 Å². The van der Waals surface area contributed by atoms with E-state index in [1.165, 1.54) is 42.9 Å². The van der Waals surface area contributed by atoms with Crippen LogP contribution in [0.1, 0.15) is 27.8 Å². The molecule has 0 fully saturated rings. The second kappa shape index (κ2) is 9.89. The molecule has 0 saturated carbocycles. The molecule has 0 aliphatic carbocycles. The maximum atomic E-state index is 13.2. The first kappa shape index (κ1) is 29.0. The SMILES string of the molecule is FC(F)(F)c1cc(N2C=CC(c3cc[n+](-c4cc(C(F)(F)F)cc(C(F)(F)F)c4)cc3)=CC2)cc(C(F)(F)F)c1. The zero-order chi connectivity index (χ0) is 29.7. The van der Waals surface area contributed by atoms with Crippen molar-refractivity contribution in [1.29, 1.82) is 0 Å². The molecule has 0 bridgehead atoms. The summed E-state index contributed by atoms with van der Waals surface area (Å²) in [6.07, 6.45) is -13.5. The lowest BCUT2D eigenvalue weighted by atomic mass is 10.0. The van der Waals surface area contributed by atoms with E-state index in [0.29, 0.717) is 35.4 Å². The van der Waals surface area contributed by atoms with Crippen LogP contribution in [0.4, 0.5) is 58.4 Å². The molecule has 0 amide bonds. The fraction of sp³-hybridized carbons (Fsp3) is 0.192. The van der Waals surface area contributed by atoms with Crippen LogP contribution in [-0.2, 0) is 24.7 Å². The highest BCUT2D eigenvalue weighted by Gasteiger charge is 2.39. The number of benzene rings is 2. The Morgan fingerprint density at radius 1 is 0.575 bits per heavy atom. The number of alkyl halides is 12. The standard InChI is InChI=1S/C26H15F12N2/c27-23(28,29)17-9-18(24(30,31)32)12-21(11-17)39-5-1-15(2-6-39)16-3-7-40(8-4-16)22-13-19(25(33,34)35)10-20(14-22)26(36,37)38/h1-7,9-14H,8H2/q+1. The molecule has 0 spiro atoms. The minimum atomic E-state index is -5.03. The van der Waals surface area contributed by atoms with Crippen LogP contribution in [0.2, 0.25) is 0 Å². The van der Waals surface area contributed by atoms with Gasteiger partial charge < -0.3 is 4.90 Å². The Balaban J connectivity index is 1.60. The molecule has 1 aliphatic heterocycles. The fourth-order valence-corrected chi connectivity index (χ4v) is 3.88. The van der Waals surface area contributed by atoms with E-state index in [1.54, 1.807) is 0 Å². The largest absolute Gasteiger partial charge is 0.416 e. The van der Waals surface area contributed by atoms with Crippen LogP contribution in [0.15, 0.2) is 79.3 Å². The van der Waals surface area contributed by atoms with E-state index in [-0.39, 0.29) is 24.4 Å². The molecular weight excluding hydrogens is 568 g/mol. The molecule has 2 aromatic carbocycles. The molecule has 3 aromatic rings. The number of nitrogens with zero attached hydrogens (tertiary/aromatic N) is 2. The summed E-state index contributed by atoms with van der Waals surface area (Å²) in [5, 5.41) is 0. The van der Waals surface area contributed by atoms with Crippen LogP contribution in [0, 0.1) is 0 Å². The predicted octanol–water partition coefficient (Wildman–Crippen LogP) is 8.46. The van der Waals surface area contributed by atoms with E-state index in [0.717, 1.165) is 9.47 Å². The highest BCUT2D eigenvalue weighted by Crippen LogP contribution is 2.39. The Morgan fingerprint density at radius 3 is 1.38 bits per heavy atom. The molecular formula is C26H15F12N2+. The lowest BCUT2D eigenvalue weighted by Gasteiger charge is -2.25. The summed E-state index contributed by atoms with van der Waals surface area (Å²) < 4.78 is 159. The van der Waals surface area contributed by atoms with Crippen molar-refractivity contribution in [3.63, 3.8) is 0 Å². The number of hydrogen-bond acceptors (Lipinski definition) is 1. The van der Waals surface area contributed by atoms with Gasteiger partial charge in [0.2, 0.25) is 5.69 Å². The van der Waals surface area contributed by atoms with Crippen molar-refractivity contribution >= 4 is 11.3 Å². The van der Waals surface area contributed by atoms with Crippen molar-refractivity contribution in [2.24, 2.45) is 0 Å². The normalized spacial score (nSPS) is 14.9. The maximum absolute atomic E-state index is 13.2. The van der Waals surface area contributed by atoms with Gasteiger partial charge in [-0.25, -0.2) is 0 Å². The van der Waals surface area contributed by atoms with Crippen LogP contribution in [0.25, 0.3) is 11.3 Å². The van der Waals surface area contributed by atoms with Crippen LogP contribution in [0.3, 0.4) is 0 Å². The minimum absolute atomic E-state index is 0.00385. The van der Waals surface area contributed by atoms with Gasteiger partial charge in [-0.3, -0.25) is 0 Å². The predicted molar refractivity (Wildman–Crippen MR) is 119 cm³/mol. The average molecular weight is 583 g/mol. The first-order chi connectivity index (χ1) is 18.3. The minimum Gasteiger partial charge on any atom is -0.344 e. The molecule has 2 nitrogen and oxygen atoms in total. The van der Waals surface area contributed by atoms with Gasteiger partial charge in [-0.1, -0.05) is 6.08 Å². The lowest BCUT2D eigenvalue weighted by molar-refractivity contribution is -0.596. The van der Waals surface area contributed by atoms with E-state index in [4.69, 9.17) is 0 Å². The Morgan fingerprint density at radius 2 is 1.00 bits per heavy atom. The summed E-state index contributed by atoms with van der Waals surface area (Å²) in [7, 11) is 0. The monoisotopic (exact) mass is 583 g/mol. The Kier molecular flexibility index (Phi) is 7.18. The fourth-order valence-electron chi connectivity index (χ4n) is 3.88. The molecule has 212 valence electrons. The molecule has 40 heavy (non-hydrogen) atoms. The summed E-state index contributed by atoms with van der Waals surface area (Å²) in [5.41, 5.74) is -5.79. The van der Waals surface area contributed by atoms with Crippen molar-refractivity contribution in [1.82, 2.24) is 0 Å². The van der Waals surface area contributed by atoms with Gasteiger partial charge in [0.15, 0.2) is 12.4 Å². The van der Waals surface area contributed by atoms with Crippen LogP contribution in [0.5, 0.6) is 0 Å². The summed E-state index contributed by atoms with van der Waals surface area (Å²) in [6.45, 7) is -0.123. The van der Waals surface area contributed by atoms with Gasteiger partial charge in [-0.15, -0.1) is 0 Å². The first-order valence-corrected chi connectivity index (χ1v) is 11.1. The molecule has 0 N–H and O–H groups in total. The van der Waals surface area contributed by atoms with Gasteiger partial charge in [0, 0.05) is 42.7 Å². The molecule has 0 radical (unpaired) electrons. The average Bonchev–Trinajstić information content (AvgIpc) is 2.86. The quantitative estimate of drug-likeness (QED) is 0.222. The second-order valence-corrected chi connectivity index (χ2v) is 8.65. The molecule has 14 heteroatoms. The summed E-state index contributed by atoms with van der Waals surface area (Å²) in [6, 6.07) is 5.04. The molecule has 0 atom stereocenters. The van der Waals surface area contributed by atoms with Crippen molar-refractivity contribution in [3.05, 3.63) is 107 Å². The number of rotatable bonds is 3. The number of anilines is 1. The second-order valence-electron chi connectivity index (χ2n) is 8.65. The smallest absolute Gasteiger partial charge is 0.344 e. The summed E-state index contributed by atoms with van der Waals surface area (Å²) >= 11 is 0. The number of aromatic nitrogens is 1. The van der Waals surface area contributed by atoms with E-state index in [9.17, 15) is 52.7 Å². The highest BCUT2D eigenvalue weighted by atomic mass is 19.4. The number of hydrogen-bond donors (Lipinski definition) is 0. The van der Waals surface area contributed by atoms with E-state index in [2.05, 4.69) is 0 Å². The summed E-state index contributed by atoms with van der Waals surface area (Å²) in [5.74, 6) is 0. The van der Waals surface area contributed by atoms with E-state index >= 15 is 0 Å². The molecule has 4 rings (SSSR count). The van der Waals surface area contributed by atoms with Crippen molar-refractivity contribution < 1.29 is 57.3 Å². The maximum Gasteiger partial charge on any atom is 0.416 e. The van der Waals surface area contributed by atoms with Crippen molar-refractivity contribution in [3.8, 4) is 5.69 Å². The Labute approximate surface area is 218 Å². The van der Waals surface area contributed by atoms with Crippen molar-refractivity contribution in [2.75, 3.05) is 11.4 Å². The number of halogens is 12. The van der Waals surface area contributed by atoms with Crippen LogP contribution >= 0.6 is 0 Å². The van der Waals surface area contributed by atoms with Gasteiger partial charge in [0.25, 0.3) is 0 Å². The lowest BCUT2D eigenvalue weighted by Crippen LogP contribution is -2.30. The van der Waals surface area contributed by atoms with Gasteiger partial charge in [-0.2, -0.15) is 57.3 Å². The van der Waals surface area contributed by atoms with Gasteiger partial charge in [0.05, 0.1) is 22.3 Å². The van der Waals surface area contributed by atoms with E-state index in [1.807, 2.05) is 0 Å². The van der Waals surface area contributed by atoms with E-state index < -0.39 is 52.6 Å². The molecule has 1 aliphatic rings. The molecule has 2 heterocycles. The van der Waals surface area contributed by atoms with Crippen LogP contribution in [-0.4, -0.2) is 6.54 Å². The molecule has 1 aromatic heterocycles. The number of allylic oxidation sites excluding steroid dienone is 2. The first-order valence-electron chi connectivity index (χ1n) is 11.1. The number of pyridine rings is 1. The third-order valence-electron chi connectivity index (χ3n) is 5.88. The van der Waals surface area contributed by atoms with Crippen LogP contribution < -0.4 is 9.47 Å². The molecule has 0 saturated heterocycles. The topological polar surface area (TPSA) is 7.12 Å². The molecule has 0 unspecified atom stereocenters. The summed E-state index contributed by atoms with van der Waals surface area (Å²) in [4.78, 5) is 1.15. The van der Waals surface area contributed by atoms with Crippen molar-refractivity contribution in [2.45, 2.75) is 24.7 Å². The highest BCUT2D eigenvalue weighted by molar-refractivity contribution is 5.76. The Hall–Kier alpha value is -3.97.